The Morgan fingerprint density at radius 2 is 2.25 bits per heavy atom. The molecule has 2 heteroatoms. The first-order valence-electron chi connectivity index (χ1n) is 4.95. The van der Waals surface area contributed by atoms with Crippen LogP contribution in [0, 0.1) is 5.92 Å². The van der Waals surface area contributed by atoms with E-state index < -0.39 is 0 Å². The predicted octanol–water partition coefficient (Wildman–Crippen LogP) is 1.93. The molecule has 0 heterocycles. The monoisotopic (exact) mass is 171 g/mol. The molecular weight excluding hydrogens is 150 g/mol. The molecular formula is C10H21NO. The van der Waals surface area contributed by atoms with Crippen molar-refractivity contribution in [2.24, 2.45) is 11.7 Å². The summed E-state index contributed by atoms with van der Waals surface area (Å²) in [5.74, 6) is 0.622. The fourth-order valence-electron chi connectivity index (χ4n) is 1.81. The molecule has 72 valence electrons. The van der Waals surface area contributed by atoms with Gasteiger partial charge in [-0.2, -0.15) is 0 Å². The Labute approximate surface area is 75.5 Å². The molecule has 0 aromatic carbocycles. The minimum atomic E-state index is -0.0374. The summed E-state index contributed by atoms with van der Waals surface area (Å²) in [4.78, 5) is 0. The van der Waals surface area contributed by atoms with Crippen LogP contribution in [0.5, 0.6) is 0 Å². The van der Waals surface area contributed by atoms with Crippen molar-refractivity contribution < 1.29 is 4.74 Å². The topological polar surface area (TPSA) is 35.2 Å². The summed E-state index contributed by atoms with van der Waals surface area (Å²) in [5, 5.41) is 0. The van der Waals surface area contributed by atoms with E-state index in [1.54, 1.807) is 0 Å². The maximum atomic E-state index is 6.23. The van der Waals surface area contributed by atoms with Gasteiger partial charge in [-0.05, 0) is 32.6 Å². The molecule has 1 rings (SSSR count). The smallest absolute Gasteiger partial charge is 0.0652 e. The standard InChI is InChI=1S/C10H21NO/c1-8(2)12-7-10(11)6-4-5-9(10)3/h8-9H,4-7,11H2,1-3H3. The van der Waals surface area contributed by atoms with E-state index in [-0.39, 0.29) is 5.54 Å². The van der Waals surface area contributed by atoms with E-state index in [1.807, 2.05) is 0 Å². The average molecular weight is 171 g/mol. The van der Waals surface area contributed by atoms with Crippen LogP contribution in [0.4, 0.5) is 0 Å². The summed E-state index contributed by atoms with van der Waals surface area (Å²) < 4.78 is 5.57. The molecule has 0 saturated heterocycles. The number of hydrogen-bond acceptors (Lipinski definition) is 2. The molecule has 1 fully saturated rings. The van der Waals surface area contributed by atoms with Crippen molar-refractivity contribution in [2.75, 3.05) is 6.61 Å². The normalized spacial score (nSPS) is 36.2. The zero-order valence-electron chi connectivity index (χ0n) is 8.47. The molecule has 0 radical (unpaired) electrons. The first kappa shape index (κ1) is 10.0. The molecule has 0 spiro atoms. The third-order valence-corrected chi connectivity index (χ3v) is 2.95. The van der Waals surface area contributed by atoms with E-state index in [9.17, 15) is 0 Å². The molecule has 1 aliphatic rings. The second kappa shape index (κ2) is 3.75. The van der Waals surface area contributed by atoms with Crippen molar-refractivity contribution in [2.45, 2.75) is 51.7 Å². The molecule has 2 unspecified atom stereocenters. The summed E-state index contributed by atoms with van der Waals surface area (Å²) in [6.45, 7) is 7.08. The summed E-state index contributed by atoms with van der Waals surface area (Å²) in [5.41, 5.74) is 6.19. The van der Waals surface area contributed by atoms with Crippen LogP contribution in [0.25, 0.3) is 0 Å². The molecule has 0 aliphatic heterocycles. The van der Waals surface area contributed by atoms with E-state index in [1.165, 1.54) is 12.8 Å². The molecule has 0 aromatic rings. The van der Waals surface area contributed by atoms with Crippen LogP contribution in [0.2, 0.25) is 0 Å². The Hall–Kier alpha value is -0.0800. The van der Waals surface area contributed by atoms with Gasteiger partial charge in [0.05, 0.1) is 12.7 Å². The van der Waals surface area contributed by atoms with Gasteiger partial charge >= 0.3 is 0 Å². The predicted molar refractivity (Wildman–Crippen MR) is 51.0 cm³/mol. The summed E-state index contributed by atoms with van der Waals surface area (Å²) in [6.07, 6.45) is 3.95. The van der Waals surface area contributed by atoms with Crippen molar-refractivity contribution in [3.8, 4) is 0 Å². The van der Waals surface area contributed by atoms with Crippen LogP contribution in [0.3, 0.4) is 0 Å². The van der Waals surface area contributed by atoms with E-state index in [0.29, 0.717) is 12.0 Å². The molecule has 2 N–H and O–H groups in total. The highest BCUT2D eigenvalue weighted by Gasteiger charge is 2.36. The Bertz CT molecular complexity index is 147. The van der Waals surface area contributed by atoms with Crippen molar-refractivity contribution in [1.29, 1.82) is 0 Å². The zero-order valence-corrected chi connectivity index (χ0v) is 8.47. The van der Waals surface area contributed by atoms with Gasteiger partial charge in [0.25, 0.3) is 0 Å². The summed E-state index contributed by atoms with van der Waals surface area (Å²) >= 11 is 0. The molecule has 12 heavy (non-hydrogen) atoms. The lowest BCUT2D eigenvalue weighted by Gasteiger charge is -2.29. The zero-order chi connectivity index (χ0) is 9.19. The van der Waals surface area contributed by atoms with Crippen LogP contribution in [-0.4, -0.2) is 18.2 Å². The fourth-order valence-corrected chi connectivity index (χ4v) is 1.81. The maximum absolute atomic E-state index is 6.23. The number of ether oxygens (including phenoxy) is 1. The Balaban J connectivity index is 2.37. The lowest BCUT2D eigenvalue weighted by Crippen LogP contribution is -2.47. The van der Waals surface area contributed by atoms with Gasteiger partial charge in [-0.1, -0.05) is 13.3 Å². The van der Waals surface area contributed by atoms with Gasteiger partial charge in [0.1, 0.15) is 0 Å². The highest BCUT2D eigenvalue weighted by molar-refractivity contribution is 4.94. The highest BCUT2D eigenvalue weighted by atomic mass is 16.5. The fraction of sp³-hybridized carbons (Fsp3) is 1.00. The average Bonchev–Trinajstić information content (AvgIpc) is 2.30. The first-order chi connectivity index (χ1) is 5.54. The summed E-state index contributed by atoms with van der Waals surface area (Å²) in [6, 6.07) is 0. The third kappa shape index (κ3) is 2.20. The third-order valence-electron chi connectivity index (χ3n) is 2.95. The van der Waals surface area contributed by atoms with Gasteiger partial charge in [-0.25, -0.2) is 0 Å². The minimum absolute atomic E-state index is 0.0374. The second-order valence-corrected chi connectivity index (χ2v) is 4.39. The lowest BCUT2D eigenvalue weighted by atomic mass is 9.90. The van der Waals surface area contributed by atoms with Crippen LogP contribution in [-0.2, 0) is 4.74 Å². The largest absolute Gasteiger partial charge is 0.377 e. The molecule has 0 aromatic heterocycles. The van der Waals surface area contributed by atoms with Crippen molar-refractivity contribution in [3.05, 3.63) is 0 Å². The van der Waals surface area contributed by atoms with Gasteiger partial charge in [-0.15, -0.1) is 0 Å². The Morgan fingerprint density at radius 1 is 1.58 bits per heavy atom. The maximum Gasteiger partial charge on any atom is 0.0652 e. The van der Waals surface area contributed by atoms with Crippen molar-refractivity contribution in [3.63, 3.8) is 0 Å². The highest BCUT2D eigenvalue weighted by Crippen LogP contribution is 2.33. The van der Waals surface area contributed by atoms with E-state index in [0.717, 1.165) is 13.0 Å². The number of rotatable bonds is 3. The number of nitrogens with two attached hydrogens (primary N) is 1. The first-order valence-corrected chi connectivity index (χ1v) is 4.95. The van der Waals surface area contributed by atoms with E-state index in [4.69, 9.17) is 10.5 Å². The van der Waals surface area contributed by atoms with Crippen LogP contribution < -0.4 is 5.73 Å². The molecule has 1 aliphatic carbocycles. The van der Waals surface area contributed by atoms with Gasteiger partial charge in [0.2, 0.25) is 0 Å². The SMILES string of the molecule is CC(C)OCC1(N)CCCC1C. The molecule has 1 saturated carbocycles. The number of hydrogen-bond donors (Lipinski definition) is 1. The molecule has 0 amide bonds. The molecule has 2 atom stereocenters. The Kier molecular flexibility index (Phi) is 3.13. The van der Waals surface area contributed by atoms with Gasteiger partial charge in [0.15, 0.2) is 0 Å². The van der Waals surface area contributed by atoms with E-state index in [2.05, 4.69) is 20.8 Å². The lowest BCUT2D eigenvalue weighted by molar-refractivity contribution is 0.0303. The molecule has 0 bridgehead atoms. The van der Waals surface area contributed by atoms with Gasteiger partial charge in [-0.3, -0.25) is 0 Å². The van der Waals surface area contributed by atoms with Crippen LogP contribution >= 0.6 is 0 Å². The van der Waals surface area contributed by atoms with Crippen molar-refractivity contribution in [1.82, 2.24) is 0 Å². The quantitative estimate of drug-likeness (QED) is 0.704. The molecule has 2 nitrogen and oxygen atoms in total. The van der Waals surface area contributed by atoms with Crippen molar-refractivity contribution >= 4 is 0 Å². The Morgan fingerprint density at radius 3 is 2.67 bits per heavy atom. The van der Waals surface area contributed by atoms with Crippen LogP contribution in [0.15, 0.2) is 0 Å². The second-order valence-electron chi connectivity index (χ2n) is 4.39. The minimum Gasteiger partial charge on any atom is -0.377 e. The van der Waals surface area contributed by atoms with Crippen LogP contribution in [0.1, 0.15) is 40.0 Å². The van der Waals surface area contributed by atoms with Gasteiger partial charge in [0, 0.05) is 5.54 Å². The summed E-state index contributed by atoms with van der Waals surface area (Å²) in [7, 11) is 0. The van der Waals surface area contributed by atoms with E-state index >= 15 is 0 Å². The van der Waals surface area contributed by atoms with Gasteiger partial charge < -0.3 is 10.5 Å².